The van der Waals surface area contributed by atoms with Gasteiger partial charge in [0.05, 0.1) is 42.6 Å². The molecule has 0 atom stereocenters. The maximum Gasteiger partial charge on any atom is 0.281 e. The standard InChI is InChI=1S/C18H20N4O2S/c1-18(2)7-10-11(8-24-18)15(22-5-3-4-6-22)21-17-12(10)13-14(25-17)16(23)20-9-19-13/h9H,3-8H2,1-2H3,(H,19,20,23)/p+1. The Kier molecular flexibility index (Phi) is 3.21. The molecule has 2 aliphatic heterocycles. The van der Waals surface area contributed by atoms with Crippen LogP contribution in [0.3, 0.4) is 0 Å². The van der Waals surface area contributed by atoms with E-state index < -0.39 is 0 Å². The van der Waals surface area contributed by atoms with E-state index in [9.17, 15) is 4.79 Å². The largest absolute Gasteiger partial charge is 0.370 e. The number of anilines is 1. The van der Waals surface area contributed by atoms with E-state index in [1.165, 1.54) is 47.5 Å². The number of nitrogens with zero attached hydrogens (tertiary/aromatic N) is 2. The van der Waals surface area contributed by atoms with Crippen molar-refractivity contribution in [2.75, 3.05) is 18.0 Å². The summed E-state index contributed by atoms with van der Waals surface area (Å²) in [6.45, 7) is 7.00. The topological polar surface area (TPSA) is 72.4 Å². The van der Waals surface area contributed by atoms with Crippen LogP contribution in [0.4, 0.5) is 5.82 Å². The van der Waals surface area contributed by atoms with E-state index in [1.807, 2.05) is 0 Å². The Bertz CT molecular complexity index is 1050. The number of pyridine rings is 1. The van der Waals surface area contributed by atoms with Gasteiger partial charge in [0.2, 0.25) is 0 Å². The van der Waals surface area contributed by atoms with Crippen molar-refractivity contribution in [2.24, 2.45) is 0 Å². The van der Waals surface area contributed by atoms with Gasteiger partial charge in [0.1, 0.15) is 10.2 Å². The van der Waals surface area contributed by atoms with Gasteiger partial charge in [0.15, 0.2) is 4.83 Å². The van der Waals surface area contributed by atoms with Crippen molar-refractivity contribution in [3.8, 4) is 0 Å². The Morgan fingerprint density at radius 3 is 2.92 bits per heavy atom. The number of hydrogen-bond acceptors (Lipinski definition) is 5. The van der Waals surface area contributed by atoms with Gasteiger partial charge in [-0.3, -0.25) is 9.69 Å². The average Bonchev–Trinajstić information content (AvgIpc) is 3.21. The fraction of sp³-hybridized carbons (Fsp3) is 0.500. The van der Waals surface area contributed by atoms with Gasteiger partial charge in [-0.25, -0.2) is 9.97 Å². The van der Waals surface area contributed by atoms with Crippen molar-refractivity contribution >= 4 is 37.6 Å². The number of aromatic nitrogens is 3. The van der Waals surface area contributed by atoms with Gasteiger partial charge in [-0.1, -0.05) is 11.3 Å². The Labute approximate surface area is 148 Å². The summed E-state index contributed by atoms with van der Waals surface area (Å²) >= 11 is 1.50. The van der Waals surface area contributed by atoms with E-state index in [2.05, 4.69) is 33.7 Å². The summed E-state index contributed by atoms with van der Waals surface area (Å²) in [5.74, 6) is 1.17. The molecule has 2 N–H and O–H groups in total. The minimum Gasteiger partial charge on any atom is -0.370 e. The molecule has 2 aliphatic rings. The fourth-order valence-electron chi connectivity index (χ4n) is 4.07. The van der Waals surface area contributed by atoms with E-state index in [1.54, 1.807) is 0 Å². The van der Waals surface area contributed by atoms with Crippen molar-refractivity contribution in [1.82, 2.24) is 9.97 Å². The highest BCUT2D eigenvalue weighted by molar-refractivity contribution is 7.25. The van der Waals surface area contributed by atoms with Crippen LogP contribution >= 0.6 is 11.3 Å². The average molecular weight is 357 g/mol. The molecule has 0 aromatic carbocycles. The summed E-state index contributed by atoms with van der Waals surface area (Å²) in [7, 11) is 0. The maximum absolute atomic E-state index is 12.3. The number of rotatable bonds is 1. The van der Waals surface area contributed by atoms with Crippen LogP contribution in [0.15, 0.2) is 11.1 Å². The molecule has 1 fully saturated rings. The predicted molar refractivity (Wildman–Crippen MR) is 98.3 cm³/mol. The highest BCUT2D eigenvalue weighted by Crippen LogP contribution is 2.40. The van der Waals surface area contributed by atoms with E-state index in [4.69, 9.17) is 4.74 Å². The fourth-order valence-corrected chi connectivity index (χ4v) is 5.15. The molecule has 0 amide bonds. The summed E-state index contributed by atoms with van der Waals surface area (Å²) in [4.78, 5) is 26.5. The molecule has 5 rings (SSSR count). The molecule has 0 unspecified atom stereocenters. The zero-order valence-electron chi connectivity index (χ0n) is 14.4. The highest BCUT2D eigenvalue weighted by Gasteiger charge is 2.36. The van der Waals surface area contributed by atoms with Crippen LogP contribution in [0.1, 0.15) is 37.8 Å². The molecular weight excluding hydrogens is 336 g/mol. The monoisotopic (exact) mass is 357 g/mol. The first kappa shape index (κ1) is 15.3. The van der Waals surface area contributed by atoms with Gasteiger partial charge >= 0.3 is 0 Å². The van der Waals surface area contributed by atoms with Crippen LogP contribution in [-0.2, 0) is 17.8 Å². The molecule has 5 heterocycles. The summed E-state index contributed by atoms with van der Waals surface area (Å²) in [6, 6.07) is 0. The Hall–Kier alpha value is -1.99. The molecule has 0 bridgehead atoms. The van der Waals surface area contributed by atoms with Gasteiger partial charge in [0.25, 0.3) is 11.4 Å². The van der Waals surface area contributed by atoms with Crippen LogP contribution in [0.5, 0.6) is 0 Å². The molecule has 130 valence electrons. The first-order valence-corrected chi connectivity index (χ1v) is 9.61. The minimum atomic E-state index is -0.209. The zero-order chi connectivity index (χ0) is 17.2. The third kappa shape index (κ3) is 2.29. The van der Waals surface area contributed by atoms with Crippen molar-refractivity contribution in [2.45, 2.75) is 45.3 Å². The van der Waals surface area contributed by atoms with Crippen LogP contribution in [0.2, 0.25) is 0 Å². The molecule has 3 aromatic heterocycles. The first-order chi connectivity index (χ1) is 12.0. The van der Waals surface area contributed by atoms with E-state index in [0.29, 0.717) is 11.3 Å². The van der Waals surface area contributed by atoms with Gasteiger partial charge in [-0.05, 0) is 32.3 Å². The van der Waals surface area contributed by atoms with Gasteiger partial charge in [-0.2, -0.15) is 0 Å². The van der Waals surface area contributed by atoms with Crippen LogP contribution in [-0.4, -0.2) is 28.7 Å². The number of ether oxygens (including phenoxy) is 1. The van der Waals surface area contributed by atoms with E-state index in [-0.39, 0.29) is 11.2 Å². The molecule has 0 saturated carbocycles. The zero-order valence-corrected chi connectivity index (χ0v) is 15.3. The molecule has 25 heavy (non-hydrogen) atoms. The first-order valence-electron chi connectivity index (χ1n) is 8.79. The number of aromatic amines is 2. The molecule has 0 radical (unpaired) electrons. The van der Waals surface area contributed by atoms with Crippen molar-refractivity contribution in [3.05, 3.63) is 27.8 Å². The van der Waals surface area contributed by atoms with Crippen LogP contribution < -0.4 is 15.4 Å². The summed E-state index contributed by atoms with van der Waals surface area (Å²) in [5.41, 5.74) is 3.05. The predicted octanol–water partition coefficient (Wildman–Crippen LogP) is 2.40. The lowest BCUT2D eigenvalue weighted by Gasteiger charge is -2.32. The molecule has 7 heteroatoms. The second-order valence-electron chi connectivity index (χ2n) is 7.57. The molecule has 0 spiro atoms. The van der Waals surface area contributed by atoms with Gasteiger partial charge in [0, 0.05) is 6.42 Å². The van der Waals surface area contributed by atoms with Gasteiger partial charge in [-0.15, -0.1) is 0 Å². The van der Waals surface area contributed by atoms with Crippen molar-refractivity contribution in [3.63, 3.8) is 0 Å². The third-order valence-electron chi connectivity index (χ3n) is 5.29. The van der Waals surface area contributed by atoms with Crippen molar-refractivity contribution in [1.29, 1.82) is 0 Å². The van der Waals surface area contributed by atoms with E-state index >= 15 is 0 Å². The lowest BCUT2D eigenvalue weighted by molar-refractivity contribution is -0.328. The molecule has 0 aliphatic carbocycles. The van der Waals surface area contributed by atoms with E-state index in [0.717, 1.165) is 35.2 Å². The van der Waals surface area contributed by atoms with Crippen LogP contribution in [0, 0.1) is 0 Å². The number of fused-ring (bicyclic) bond motifs is 5. The Balaban J connectivity index is 1.87. The van der Waals surface area contributed by atoms with Gasteiger partial charge < -0.3 is 9.72 Å². The number of thiophene rings is 1. The molecular formula is C18H21N4O2S+. The molecule has 3 aromatic rings. The second kappa shape index (κ2) is 5.25. The smallest absolute Gasteiger partial charge is 0.281 e. The highest BCUT2D eigenvalue weighted by atomic mass is 32.1. The summed E-state index contributed by atoms with van der Waals surface area (Å²) < 4.78 is 6.82. The molecule has 6 nitrogen and oxygen atoms in total. The van der Waals surface area contributed by atoms with Crippen LogP contribution in [0.25, 0.3) is 20.4 Å². The number of hydrogen-bond donors (Lipinski definition) is 1. The third-order valence-corrected chi connectivity index (χ3v) is 6.39. The van der Waals surface area contributed by atoms with Crippen molar-refractivity contribution < 1.29 is 9.72 Å². The quantitative estimate of drug-likeness (QED) is 0.726. The Morgan fingerprint density at radius 1 is 1.32 bits per heavy atom. The maximum atomic E-state index is 12.3. The summed E-state index contributed by atoms with van der Waals surface area (Å²) in [5, 5.41) is 1.10. The summed E-state index contributed by atoms with van der Waals surface area (Å²) in [6.07, 6.45) is 4.78. The number of nitrogens with one attached hydrogen (secondary N) is 2. The SMILES string of the molecule is CC1(C)Cc2c(c(N3CCCC3)[nH+]c3sc4c(=O)[nH]cnc4c23)CO1. The lowest BCUT2D eigenvalue weighted by atomic mass is 9.90. The number of H-pyrrole nitrogens is 2. The Morgan fingerprint density at radius 2 is 2.12 bits per heavy atom. The normalized spacial score (nSPS) is 19.7. The minimum absolute atomic E-state index is 0.0672. The second-order valence-corrected chi connectivity index (χ2v) is 8.59. The lowest BCUT2D eigenvalue weighted by Crippen LogP contribution is -2.36. The molecule has 1 saturated heterocycles.